The van der Waals surface area contributed by atoms with Gasteiger partial charge in [0.05, 0.1) is 5.69 Å². The van der Waals surface area contributed by atoms with Crippen molar-refractivity contribution in [2.75, 3.05) is 6.54 Å². The highest BCUT2D eigenvalue weighted by Gasteiger charge is 2.20. The molecule has 1 atom stereocenters. The van der Waals surface area contributed by atoms with Crippen molar-refractivity contribution < 1.29 is 0 Å². The van der Waals surface area contributed by atoms with E-state index in [1.54, 1.807) is 6.20 Å². The number of hydrogen-bond acceptors (Lipinski definition) is 3. The van der Waals surface area contributed by atoms with Crippen LogP contribution in [0.25, 0.3) is 11.0 Å². The number of H-pyrrole nitrogens is 1. The van der Waals surface area contributed by atoms with Gasteiger partial charge in [-0.25, -0.2) is 4.98 Å². The Balaban J connectivity index is 2.11. The van der Waals surface area contributed by atoms with E-state index < -0.39 is 0 Å². The quantitative estimate of drug-likeness (QED) is 0.711. The SMILES string of the molecule is c1cnc2n[nH]c(C3CCCN3)c2c1. The van der Waals surface area contributed by atoms with E-state index in [2.05, 4.69) is 26.6 Å². The van der Waals surface area contributed by atoms with E-state index in [9.17, 15) is 0 Å². The first-order valence-corrected chi connectivity index (χ1v) is 4.97. The van der Waals surface area contributed by atoms with Gasteiger partial charge in [0.15, 0.2) is 5.65 Å². The first-order valence-electron chi connectivity index (χ1n) is 4.97. The highest BCUT2D eigenvalue weighted by atomic mass is 15.2. The predicted molar refractivity (Wildman–Crippen MR) is 53.9 cm³/mol. The molecule has 1 saturated heterocycles. The maximum Gasteiger partial charge on any atom is 0.181 e. The number of nitrogens with one attached hydrogen (secondary N) is 2. The lowest BCUT2D eigenvalue weighted by atomic mass is 10.1. The molecule has 0 saturated carbocycles. The normalized spacial score (nSPS) is 21.9. The third-order valence-electron chi connectivity index (χ3n) is 2.77. The van der Waals surface area contributed by atoms with Crippen LogP contribution in [0.15, 0.2) is 18.3 Å². The molecule has 72 valence electrons. The fraction of sp³-hybridized carbons (Fsp3) is 0.400. The number of aromatic amines is 1. The first kappa shape index (κ1) is 7.94. The molecule has 4 heteroatoms. The average molecular weight is 188 g/mol. The monoisotopic (exact) mass is 188 g/mol. The molecule has 4 nitrogen and oxygen atoms in total. The molecule has 2 N–H and O–H groups in total. The highest BCUT2D eigenvalue weighted by Crippen LogP contribution is 2.26. The van der Waals surface area contributed by atoms with Gasteiger partial charge in [0.2, 0.25) is 0 Å². The van der Waals surface area contributed by atoms with Gasteiger partial charge in [0, 0.05) is 17.6 Å². The van der Waals surface area contributed by atoms with E-state index >= 15 is 0 Å². The van der Waals surface area contributed by atoms with E-state index in [-0.39, 0.29) is 0 Å². The van der Waals surface area contributed by atoms with Gasteiger partial charge in [0.25, 0.3) is 0 Å². The maximum atomic E-state index is 4.20. The smallest absolute Gasteiger partial charge is 0.181 e. The van der Waals surface area contributed by atoms with Gasteiger partial charge in [-0.3, -0.25) is 5.10 Å². The summed E-state index contributed by atoms with van der Waals surface area (Å²) in [5.41, 5.74) is 2.00. The Kier molecular flexibility index (Phi) is 1.73. The molecule has 0 aliphatic carbocycles. The molecule has 0 bridgehead atoms. The standard InChI is InChI=1S/C10H12N4/c1-3-7-9(8-4-2-5-11-8)13-14-10(7)12-6-1/h1,3,6,8,11H,2,4-5H2,(H,12,13,14). The average Bonchev–Trinajstić information content (AvgIpc) is 2.85. The summed E-state index contributed by atoms with van der Waals surface area (Å²) in [6, 6.07) is 4.46. The van der Waals surface area contributed by atoms with Crippen LogP contribution >= 0.6 is 0 Å². The van der Waals surface area contributed by atoms with Crippen molar-refractivity contribution >= 4 is 11.0 Å². The minimum Gasteiger partial charge on any atom is -0.309 e. The number of fused-ring (bicyclic) bond motifs is 1. The predicted octanol–water partition coefficient (Wildman–Crippen LogP) is 1.38. The third kappa shape index (κ3) is 1.11. The van der Waals surface area contributed by atoms with Gasteiger partial charge in [-0.05, 0) is 31.5 Å². The van der Waals surface area contributed by atoms with Crippen molar-refractivity contribution in [2.24, 2.45) is 0 Å². The Labute approximate surface area is 81.7 Å². The van der Waals surface area contributed by atoms with E-state index in [1.807, 2.05) is 6.07 Å². The summed E-state index contributed by atoms with van der Waals surface area (Å²) in [6.07, 6.45) is 4.20. The molecule has 0 amide bonds. The molecule has 1 fully saturated rings. The highest BCUT2D eigenvalue weighted by molar-refractivity contribution is 5.77. The summed E-state index contributed by atoms with van der Waals surface area (Å²) in [6.45, 7) is 1.10. The lowest BCUT2D eigenvalue weighted by Crippen LogP contribution is -2.13. The second kappa shape index (κ2) is 3.06. The van der Waals surface area contributed by atoms with Crippen LogP contribution in [0.3, 0.4) is 0 Å². The molecular formula is C10H12N4. The summed E-state index contributed by atoms with van der Waals surface area (Å²) in [7, 11) is 0. The topological polar surface area (TPSA) is 53.6 Å². The van der Waals surface area contributed by atoms with E-state index in [4.69, 9.17) is 0 Å². The summed E-state index contributed by atoms with van der Waals surface area (Å²) < 4.78 is 0. The molecule has 3 heterocycles. The minimum atomic E-state index is 0.434. The zero-order valence-corrected chi connectivity index (χ0v) is 7.83. The molecule has 1 aliphatic rings. The zero-order valence-electron chi connectivity index (χ0n) is 7.83. The molecule has 14 heavy (non-hydrogen) atoms. The Bertz CT molecular complexity index is 442. The van der Waals surface area contributed by atoms with Gasteiger partial charge in [-0.2, -0.15) is 5.10 Å². The largest absolute Gasteiger partial charge is 0.309 e. The van der Waals surface area contributed by atoms with E-state index in [1.165, 1.54) is 18.5 Å². The molecule has 1 aliphatic heterocycles. The van der Waals surface area contributed by atoms with Gasteiger partial charge in [-0.1, -0.05) is 0 Å². The fourth-order valence-corrected chi connectivity index (χ4v) is 2.07. The lowest BCUT2D eigenvalue weighted by molar-refractivity contribution is 0.629. The Morgan fingerprint density at radius 2 is 2.43 bits per heavy atom. The van der Waals surface area contributed by atoms with Gasteiger partial charge in [-0.15, -0.1) is 0 Å². The number of nitrogens with zero attached hydrogens (tertiary/aromatic N) is 2. The van der Waals surface area contributed by atoms with Crippen LogP contribution in [0.2, 0.25) is 0 Å². The van der Waals surface area contributed by atoms with Crippen molar-refractivity contribution in [3.8, 4) is 0 Å². The number of hydrogen-bond donors (Lipinski definition) is 2. The van der Waals surface area contributed by atoms with Gasteiger partial charge < -0.3 is 5.32 Å². The molecule has 2 aromatic heterocycles. The van der Waals surface area contributed by atoms with Crippen molar-refractivity contribution in [3.05, 3.63) is 24.0 Å². The summed E-state index contributed by atoms with van der Waals surface area (Å²) in [5, 5.41) is 11.9. The van der Waals surface area contributed by atoms with Crippen LogP contribution in [0.5, 0.6) is 0 Å². The van der Waals surface area contributed by atoms with Gasteiger partial charge in [0.1, 0.15) is 0 Å². The van der Waals surface area contributed by atoms with Crippen LogP contribution in [0, 0.1) is 0 Å². The second-order valence-electron chi connectivity index (χ2n) is 3.66. The fourth-order valence-electron chi connectivity index (χ4n) is 2.07. The number of pyridine rings is 1. The summed E-state index contributed by atoms with van der Waals surface area (Å²) in [5.74, 6) is 0. The van der Waals surface area contributed by atoms with E-state index in [0.29, 0.717) is 6.04 Å². The Morgan fingerprint density at radius 1 is 1.43 bits per heavy atom. The molecular weight excluding hydrogens is 176 g/mol. The minimum absolute atomic E-state index is 0.434. The lowest BCUT2D eigenvalue weighted by Gasteiger charge is -2.06. The van der Waals surface area contributed by atoms with Crippen LogP contribution in [-0.2, 0) is 0 Å². The first-order chi connectivity index (χ1) is 6.95. The Morgan fingerprint density at radius 3 is 3.29 bits per heavy atom. The number of rotatable bonds is 1. The van der Waals surface area contributed by atoms with Crippen molar-refractivity contribution in [2.45, 2.75) is 18.9 Å². The van der Waals surface area contributed by atoms with Crippen LogP contribution in [0.1, 0.15) is 24.6 Å². The maximum absolute atomic E-state index is 4.20. The molecule has 0 aromatic carbocycles. The van der Waals surface area contributed by atoms with Crippen molar-refractivity contribution in [1.82, 2.24) is 20.5 Å². The van der Waals surface area contributed by atoms with Crippen LogP contribution in [0.4, 0.5) is 0 Å². The number of aromatic nitrogens is 3. The van der Waals surface area contributed by atoms with Crippen LogP contribution < -0.4 is 5.32 Å². The molecule has 1 unspecified atom stereocenters. The van der Waals surface area contributed by atoms with Crippen molar-refractivity contribution in [3.63, 3.8) is 0 Å². The zero-order chi connectivity index (χ0) is 9.38. The van der Waals surface area contributed by atoms with Gasteiger partial charge >= 0.3 is 0 Å². The summed E-state index contributed by atoms with van der Waals surface area (Å²) in [4.78, 5) is 4.20. The Hall–Kier alpha value is -1.42. The second-order valence-corrected chi connectivity index (χ2v) is 3.66. The van der Waals surface area contributed by atoms with E-state index in [0.717, 1.165) is 17.6 Å². The molecule has 0 radical (unpaired) electrons. The molecule has 3 rings (SSSR count). The van der Waals surface area contributed by atoms with Crippen LogP contribution in [-0.4, -0.2) is 21.7 Å². The summed E-state index contributed by atoms with van der Waals surface area (Å²) >= 11 is 0. The molecule has 2 aromatic rings. The molecule has 0 spiro atoms. The van der Waals surface area contributed by atoms with Crippen molar-refractivity contribution in [1.29, 1.82) is 0 Å². The third-order valence-corrected chi connectivity index (χ3v) is 2.77.